The molecule has 2 aromatic rings. The van der Waals surface area contributed by atoms with Crippen LogP contribution >= 0.6 is 0 Å². The van der Waals surface area contributed by atoms with E-state index in [2.05, 4.69) is 5.32 Å². The number of anilines is 1. The average molecular weight is 410 g/mol. The van der Waals surface area contributed by atoms with Crippen molar-refractivity contribution in [3.05, 3.63) is 66.0 Å². The molecule has 0 bridgehead atoms. The van der Waals surface area contributed by atoms with E-state index >= 15 is 0 Å². The lowest BCUT2D eigenvalue weighted by molar-refractivity contribution is 0.0645. The van der Waals surface area contributed by atoms with Crippen LogP contribution in [0.4, 0.5) is 19.7 Å². The molecule has 4 rings (SSSR count). The highest BCUT2D eigenvalue weighted by Crippen LogP contribution is 2.39. The van der Waals surface area contributed by atoms with Gasteiger partial charge in [0.15, 0.2) is 0 Å². The van der Waals surface area contributed by atoms with E-state index in [0.29, 0.717) is 25.1 Å². The second-order valence-electron chi connectivity index (χ2n) is 7.69. The van der Waals surface area contributed by atoms with E-state index in [1.54, 1.807) is 11.0 Å². The Labute approximate surface area is 173 Å². The van der Waals surface area contributed by atoms with Gasteiger partial charge in [0.05, 0.1) is 0 Å². The fourth-order valence-corrected chi connectivity index (χ4v) is 4.30. The van der Waals surface area contributed by atoms with Crippen molar-refractivity contribution < 1.29 is 18.7 Å². The first-order valence-electron chi connectivity index (χ1n) is 9.84. The molecule has 0 saturated carbocycles. The molecule has 2 aromatic carbocycles. The fraction of sp³-hybridized carbons (Fsp3) is 0.318. The molecule has 2 fully saturated rings. The monoisotopic (exact) mass is 410 g/mol. The first-order valence-corrected chi connectivity index (χ1v) is 9.84. The Morgan fingerprint density at radius 2 is 2.03 bits per heavy atom. The number of hydrogen-bond donors (Lipinski definition) is 2. The van der Waals surface area contributed by atoms with Crippen molar-refractivity contribution in [1.82, 2.24) is 10.2 Å². The standard InChI is InChI=1S/C22H23FN4O3/c1-15-13-22(10-11-26(15)21(29)30-14-16-6-3-2-4-7-16)19(24)25-20(28)27(22)18-9-5-8-17(23)12-18/h2-9,12,15H,10-11,13-14H2,1H3,(H2,24,25,28). The largest absolute Gasteiger partial charge is 0.445 e. The molecule has 2 heterocycles. The Morgan fingerprint density at radius 3 is 2.73 bits per heavy atom. The zero-order valence-electron chi connectivity index (χ0n) is 16.6. The number of halogens is 1. The molecule has 3 amide bonds. The predicted molar refractivity (Wildman–Crippen MR) is 110 cm³/mol. The summed E-state index contributed by atoms with van der Waals surface area (Å²) >= 11 is 0. The number of rotatable bonds is 3. The highest BCUT2D eigenvalue weighted by molar-refractivity contribution is 6.18. The number of urea groups is 1. The van der Waals surface area contributed by atoms with Crippen LogP contribution in [0.5, 0.6) is 0 Å². The maximum absolute atomic E-state index is 13.8. The van der Waals surface area contributed by atoms with Gasteiger partial charge in [0.2, 0.25) is 0 Å². The molecule has 2 aliphatic rings. The third kappa shape index (κ3) is 3.49. The number of benzene rings is 2. The fourth-order valence-electron chi connectivity index (χ4n) is 4.30. The third-order valence-electron chi connectivity index (χ3n) is 5.77. The molecule has 2 saturated heterocycles. The minimum Gasteiger partial charge on any atom is -0.445 e. The Hall–Kier alpha value is -3.42. The van der Waals surface area contributed by atoms with Crippen LogP contribution in [-0.4, -0.2) is 41.0 Å². The molecular formula is C22H23FN4O3. The number of amides is 3. The van der Waals surface area contributed by atoms with Gasteiger partial charge in [0, 0.05) is 18.3 Å². The van der Waals surface area contributed by atoms with Crippen LogP contribution in [-0.2, 0) is 11.3 Å². The summed E-state index contributed by atoms with van der Waals surface area (Å²) in [5, 5.41) is 11.0. The van der Waals surface area contributed by atoms with Gasteiger partial charge in [0.1, 0.15) is 23.8 Å². The summed E-state index contributed by atoms with van der Waals surface area (Å²) in [6.07, 6.45) is 0.273. The van der Waals surface area contributed by atoms with E-state index in [0.717, 1.165) is 5.56 Å². The first kappa shape index (κ1) is 19.9. The van der Waals surface area contributed by atoms with Gasteiger partial charge in [-0.05, 0) is 43.5 Å². The summed E-state index contributed by atoms with van der Waals surface area (Å²) in [5.74, 6) is -0.384. The number of carbonyl (C=O) groups is 2. The van der Waals surface area contributed by atoms with Crippen molar-refractivity contribution in [2.24, 2.45) is 0 Å². The van der Waals surface area contributed by atoms with Crippen LogP contribution in [0.25, 0.3) is 0 Å². The van der Waals surface area contributed by atoms with E-state index < -0.39 is 23.5 Å². The van der Waals surface area contributed by atoms with E-state index in [4.69, 9.17) is 10.1 Å². The van der Waals surface area contributed by atoms with E-state index in [9.17, 15) is 14.0 Å². The van der Waals surface area contributed by atoms with Crippen LogP contribution in [0, 0.1) is 11.2 Å². The van der Waals surface area contributed by atoms with Gasteiger partial charge in [-0.3, -0.25) is 15.6 Å². The molecule has 8 heteroatoms. The molecule has 2 atom stereocenters. The SMILES string of the molecule is CC1CC2(CCN1C(=O)OCc1ccccc1)C(=N)NC(=O)N2c1cccc(F)c1. The highest BCUT2D eigenvalue weighted by atomic mass is 19.1. The lowest BCUT2D eigenvalue weighted by atomic mass is 9.81. The molecule has 2 N–H and O–H groups in total. The zero-order chi connectivity index (χ0) is 21.3. The molecule has 7 nitrogen and oxygen atoms in total. The summed E-state index contributed by atoms with van der Waals surface area (Å²) in [4.78, 5) is 28.3. The van der Waals surface area contributed by atoms with E-state index in [1.165, 1.54) is 23.1 Å². The number of carbonyl (C=O) groups excluding carboxylic acids is 2. The normalized spacial score (nSPS) is 23.6. The van der Waals surface area contributed by atoms with Gasteiger partial charge in [-0.2, -0.15) is 0 Å². The predicted octanol–water partition coefficient (Wildman–Crippen LogP) is 3.89. The molecule has 30 heavy (non-hydrogen) atoms. The number of nitrogens with zero attached hydrogens (tertiary/aromatic N) is 2. The molecule has 1 spiro atoms. The van der Waals surface area contributed by atoms with Crippen LogP contribution in [0.2, 0.25) is 0 Å². The number of likely N-dealkylation sites (tertiary alicyclic amines) is 1. The van der Waals surface area contributed by atoms with Crippen molar-refractivity contribution in [3.63, 3.8) is 0 Å². The van der Waals surface area contributed by atoms with Crippen LogP contribution < -0.4 is 10.2 Å². The third-order valence-corrected chi connectivity index (χ3v) is 5.77. The number of nitrogens with one attached hydrogen (secondary N) is 2. The Morgan fingerprint density at radius 1 is 1.27 bits per heavy atom. The maximum atomic E-state index is 13.8. The Balaban J connectivity index is 1.50. The van der Waals surface area contributed by atoms with Crippen molar-refractivity contribution in [1.29, 1.82) is 5.41 Å². The highest BCUT2D eigenvalue weighted by Gasteiger charge is 2.54. The quantitative estimate of drug-likeness (QED) is 0.805. The molecule has 156 valence electrons. The minimum atomic E-state index is -0.944. The summed E-state index contributed by atoms with van der Waals surface area (Å²) in [5.41, 5.74) is 0.347. The van der Waals surface area contributed by atoms with Gasteiger partial charge in [-0.1, -0.05) is 36.4 Å². The van der Waals surface area contributed by atoms with Gasteiger partial charge in [-0.15, -0.1) is 0 Å². The number of piperidine rings is 1. The number of amidine groups is 1. The molecule has 0 radical (unpaired) electrons. The van der Waals surface area contributed by atoms with Gasteiger partial charge < -0.3 is 9.64 Å². The number of ether oxygens (including phenoxy) is 1. The van der Waals surface area contributed by atoms with Crippen molar-refractivity contribution in [2.75, 3.05) is 11.4 Å². The minimum absolute atomic E-state index is 0.0703. The van der Waals surface area contributed by atoms with Crippen LogP contribution in [0.3, 0.4) is 0 Å². The van der Waals surface area contributed by atoms with E-state index in [1.807, 2.05) is 37.3 Å². The van der Waals surface area contributed by atoms with E-state index in [-0.39, 0.29) is 18.5 Å². The molecular weight excluding hydrogens is 387 g/mol. The molecule has 2 unspecified atom stereocenters. The summed E-state index contributed by atoms with van der Waals surface area (Å²) in [6, 6.07) is 14.5. The lowest BCUT2D eigenvalue weighted by Gasteiger charge is -2.46. The lowest BCUT2D eigenvalue weighted by Crippen LogP contribution is -2.60. The summed E-state index contributed by atoms with van der Waals surface area (Å²) in [7, 11) is 0. The van der Waals surface area contributed by atoms with Gasteiger partial charge in [-0.25, -0.2) is 14.0 Å². The Bertz CT molecular complexity index is 983. The average Bonchev–Trinajstić information content (AvgIpc) is 2.96. The van der Waals surface area contributed by atoms with Crippen molar-refractivity contribution >= 4 is 23.6 Å². The van der Waals surface area contributed by atoms with Crippen molar-refractivity contribution in [3.8, 4) is 0 Å². The summed E-state index contributed by atoms with van der Waals surface area (Å²) in [6.45, 7) is 2.36. The van der Waals surface area contributed by atoms with Gasteiger partial charge >= 0.3 is 12.1 Å². The van der Waals surface area contributed by atoms with Crippen LogP contribution in [0.15, 0.2) is 54.6 Å². The number of hydrogen-bond acceptors (Lipinski definition) is 4. The van der Waals surface area contributed by atoms with Gasteiger partial charge in [0.25, 0.3) is 0 Å². The zero-order valence-corrected chi connectivity index (χ0v) is 16.6. The maximum Gasteiger partial charge on any atom is 0.410 e. The second kappa shape index (κ2) is 7.78. The topological polar surface area (TPSA) is 85.7 Å². The molecule has 2 aliphatic heterocycles. The van der Waals surface area contributed by atoms with Crippen molar-refractivity contribution in [2.45, 2.75) is 38.0 Å². The van der Waals surface area contributed by atoms with Crippen LogP contribution in [0.1, 0.15) is 25.3 Å². The molecule has 0 aliphatic carbocycles. The molecule has 0 aromatic heterocycles. The Kier molecular flexibility index (Phi) is 5.15. The second-order valence-corrected chi connectivity index (χ2v) is 7.69. The smallest absolute Gasteiger partial charge is 0.410 e. The summed E-state index contributed by atoms with van der Waals surface area (Å²) < 4.78 is 19.2. The first-order chi connectivity index (χ1) is 14.4.